The summed E-state index contributed by atoms with van der Waals surface area (Å²) in [4.78, 5) is 3.29. The standard InChI is InChI=1S/C19H19FN2O4S/c1-14-5-3-4-6-18(14)27(24,25)22-10-19(11-22,12-23)13-26-15-7-8-17(21-2)16(20)9-15/h3-9,23H,10-13H2,1H3. The molecule has 2 aromatic carbocycles. The van der Waals surface area contributed by atoms with E-state index >= 15 is 0 Å². The highest BCUT2D eigenvalue weighted by Gasteiger charge is 2.49. The molecule has 0 aliphatic carbocycles. The van der Waals surface area contributed by atoms with Gasteiger partial charge < -0.3 is 9.84 Å². The van der Waals surface area contributed by atoms with Crippen LogP contribution < -0.4 is 4.74 Å². The molecule has 1 N–H and O–H groups in total. The van der Waals surface area contributed by atoms with E-state index in [0.717, 1.165) is 6.07 Å². The van der Waals surface area contributed by atoms with Crippen LogP contribution in [0.5, 0.6) is 5.75 Å². The van der Waals surface area contributed by atoms with Crippen LogP contribution in [0.15, 0.2) is 47.4 Å². The van der Waals surface area contributed by atoms with Gasteiger partial charge in [-0.1, -0.05) is 18.2 Å². The van der Waals surface area contributed by atoms with E-state index in [-0.39, 0.29) is 42.6 Å². The molecule has 0 unspecified atom stereocenters. The van der Waals surface area contributed by atoms with E-state index < -0.39 is 21.3 Å². The Morgan fingerprint density at radius 2 is 2.00 bits per heavy atom. The summed E-state index contributed by atoms with van der Waals surface area (Å²) in [7, 11) is -3.64. The summed E-state index contributed by atoms with van der Waals surface area (Å²) < 4.78 is 46.0. The number of rotatable bonds is 6. The van der Waals surface area contributed by atoms with E-state index in [1.165, 1.54) is 16.4 Å². The highest BCUT2D eigenvalue weighted by atomic mass is 32.2. The van der Waals surface area contributed by atoms with Gasteiger partial charge in [0.2, 0.25) is 15.7 Å². The lowest BCUT2D eigenvalue weighted by molar-refractivity contribution is -0.0273. The lowest BCUT2D eigenvalue weighted by atomic mass is 9.83. The Morgan fingerprint density at radius 3 is 2.59 bits per heavy atom. The van der Waals surface area contributed by atoms with E-state index in [4.69, 9.17) is 11.3 Å². The van der Waals surface area contributed by atoms with Crippen LogP contribution >= 0.6 is 0 Å². The Bertz CT molecular complexity index is 995. The zero-order valence-electron chi connectivity index (χ0n) is 14.7. The molecule has 0 atom stereocenters. The van der Waals surface area contributed by atoms with Crippen molar-refractivity contribution >= 4 is 15.7 Å². The van der Waals surface area contributed by atoms with Gasteiger partial charge in [0.1, 0.15) is 11.6 Å². The molecule has 1 heterocycles. The van der Waals surface area contributed by atoms with Crippen molar-refractivity contribution in [1.29, 1.82) is 0 Å². The number of sulfonamides is 1. The number of aliphatic hydroxyl groups is 1. The Balaban J connectivity index is 1.68. The summed E-state index contributed by atoms with van der Waals surface area (Å²) >= 11 is 0. The van der Waals surface area contributed by atoms with Crippen molar-refractivity contribution in [2.75, 3.05) is 26.3 Å². The average Bonchev–Trinajstić information content (AvgIpc) is 2.61. The zero-order chi connectivity index (χ0) is 19.7. The van der Waals surface area contributed by atoms with Crippen molar-refractivity contribution in [3.05, 3.63) is 65.3 Å². The second kappa shape index (κ2) is 7.27. The first kappa shape index (κ1) is 19.3. The van der Waals surface area contributed by atoms with Crippen molar-refractivity contribution in [2.24, 2.45) is 5.41 Å². The predicted molar refractivity (Wildman–Crippen MR) is 97.6 cm³/mol. The molecule has 0 bridgehead atoms. The molecule has 2 aromatic rings. The molecular formula is C19H19FN2O4S. The van der Waals surface area contributed by atoms with Crippen LogP contribution in [0.1, 0.15) is 5.56 Å². The van der Waals surface area contributed by atoms with Crippen LogP contribution in [0.2, 0.25) is 0 Å². The predicted octanol–water partition coefficient (Wildman–Crippen LogP) is 2.75. The highest BCUT2D eigenvalue weighted by Crippen LogP contribution is 2.36. The monoisotopic (exact) mass is 390 g/mol. The molecule has 8 heteroatoms. The zero-order valence-corrected chi connectivity index (χ0v) is 15.5. The Kier molecular flexibility index (Phi) is 5.20. The number of benzene rings is 2. The number of hydrogen-bond acceptors (Lipinski definition) is 4. The fourth-order valence-electron chi connectivity index (χ4n) is 3.00. The van der Waals surface area contributed by atoms with Crippen molar-refractivity contribution < 1.29 is 22.7 Å². The summed E-state index contributed by atoms with van der Waals surface area (Å²) in [5.41, 5.74) is -0.186. The van der Waals surface area contributed by atoms with Crippen LogP contribution in [0.3, 0.4) is 0 Å². The van der Waals surface area contributed by atoms with Crippen LogP contribution in [0, 0.1) is 24.7 Å². The van der Waals surface area contributed by atoms with Gasteiger partial charge in [-0.15, -0.1) is 0 Å². The lowest BCUT2D eigenvalue weighted by Gasteiger charge is -2.47. The summed E-state index contributed by atoms with van der Waals surface area (Å²) in [5, 5.41) is 9.74. The van der Waals surface area contributed by atoms with Crippen molar-refractivity contribution in [1.82, 2.24) is 4.31 Å². The maximum Gasteiger partial charge on any atom is 0.243 e. The number of nitrogens with zero attached hydrogens (tertiary/aromatic N) is 2. The number of aryl methyl sites for hydroxylation is 1. The van der Waals surface area contributed by atoms with Gasteiger partial charge >= 0.3 is 0 Å². The van der Waals surface area contributed by atoms with Crippen LogP contribution in [-0.4, -0.2) is 44.1 Å². The third-order valence-electron chi connectivity index (χ3n) is 4.65. The molecule has 1 aliphatic rings. The summed E-state index contributed by atoms with van der Waals surface area (Å²) in [6.45, 7) is 8.59. The largest absolute Gasteiger partial charge is 0.493 e. The second-order valence-electron chi connectivity index (χ2n) is 6.71. The first-order valence-electron chi connectivity index (χ1n) is 8.28. The molecule has 0 spiro atoms. The van der Waals surface area contributed by atoms with Crippen LogP contribution in [0.4, 0.5) is 10.1 Å². The molecule has 27 heavy (non-hydrogen) atoms. The topological polar surface area (TPSA) is 71.2 Å². The third-order valence-corrected chi connectivity index (χ3v) is 6.61. The van der Waals surface area contributed by atoms with Gasteiger partial charge in [-0.25, -0.2) is 17.7 Å². The van der Waals surface area contributed by atoms with Gasteiger partial charge in [-0.05, 0) is 30.7 Å². The SMILES string of the molecule is [C-]#[N+]c1ccc(OCC2(CO)CN(S(=O)(=O)c3ccccc3C)C2)cc1F. The van der Waals surface area contributed by atoms with E-state index in [0.29, 0.717) is 5.56 Å². The fraction of sp³-hybridized carbons (Fsp3) is 0.316. The van der Waals surface area contributed by atoms with Crippen molar-refractivity contribution in [3.8, 4) is 5.75 Å². The minimum Gasteiger partial charge on any atom is -0.493 e. The van der Waals surface area contributed by atoms with E-state index in [1.807, 2.05) is 0 Å². The summed E-state index contributed by atoms with van der Waals surface area (Å²) in [6.07, 6.45) is 0. The first-order chi connectivity index (χ1) is 12.8. The average molecular weight is 390 g/mol. The number of ether oxygens (including phenoxy) is 1. The van der Waals surface area contributed by atoms with E-state index in [1.54, 1.807) is 31.2 Å². The summed E-state index contributed by atoms with van der Waals surface area (Å²) in [5.74, 6) is -0.453. The van der Waals surface area contributed by atoms with Gasteiger partial charge in [0.15, 0.2) is 0 Å². The Hall–Kier alpha value is -2.47. The van der Waals surface area contributed by atoms with Gasteiger partial charge in [0, 0.05) is 19.2 Å². The minimum atomic E-state index is -3.64. The quantitative estimate of drug-likeness (QED) is 0.770. The van der Waals surface area contributed by atoms with Gasteiger partial charge in [-0.2, -0.15) is 4.31 Å². The lowest BCUT2D eigenvalue weighted by Crippen LogP contribution is -2.62. The smallest absolute Gasteiger partial charge is 0.243 e. The number of hydrogen-bond donors (Lipinski definition) is 1. The van der Waals surface area contributed by atoms with Crippen molar-refractivity contribution in [3.63, 3.8) is 0 Å². The molecule has 1 saturated heterocycles. The van der Waals surface area contributed by atoms with Crippen LogP contribution in [0.25, 0.3) is 4.85 Å². The fourth-order valence-corrected chi connectivity index (χ4v) is 4.89. The maximum absolute atomic E-state index is 13.7. The van der Waals surface area contributed by atoms with Gasteiger partial charge in [0.05, 0.1) is 30.1 Å². The Morgan fingerprint density at radius 1 is 1.30 bits per heavy atom. The summed E-state index contributed by atoms with van der Waals surface area (Å²) in [6, 6.07) is 10.6. The molecular weight excluding hydrogens is 371 g/mol. The molecule has 142 valence electrons. The molecule has 0 saturated carbocycles. The molecule has 1 fully saturated rings. The number of halogens is 1. The van der Waals surface area contributed by atoms with E-state index in [9.17, 15) is 17.9 Å². The molecule has 0 amide bonds. The highest BCUT2D eigenvalue weighted by molar-refractivity contribution is 7.89. The van der Waals surface area contributed by atoms with Gasteiger partial charge in [-0.3, -0.25) is 0 Å². The molecule has 6 nitrogen and oxygen atoms in total. The van der Waals surface area contributed by atoms with Gasteiger partial charge in [0.25, 0.3) is 0 Å². The van der Waals surface area contributed by atoms with E-state index in [2.05, 4.69) is 4.85 Å². The number of aliphatic hydroxyl groups excluding tert-OH is 1. The molecule has 1 aliphatic heterocycles. The van der Waals surface area contributed by atoms with Crippen molar-refractivity contribution in [2.45, 2.75) is 11.8 Å². The second-order valence-corrected chi connectivity index (χ2v) is 8.62. The van der Waals surface area contributed by atoms with Crippen LogP contribution in [-0.2, 0) is 10.0 Å². The normalized spacial score (nSPS) is 16.4. The maximum atomic E-state index is 13.7. The third kappa shape index (κ3) is 3.67. The molecule has 0 aromatic heterocycles. The first-order valence-corrected chi connectivity index (χ1v) is 9.72. The Labute approximate surface area is 157 Å². The molecule has 3 rings (SSSR count). The minimum absolute atomic E-state index is 0.0418. The molecule has 0 radical (unpaired) electrons.